The summed E-state index contributed by atoms with van der Waals surface area (Å²) < 4.78 is 2.07. The quantitative estimate of drug-likeness (QED) is 0.778. The fourth-order valence-electron chi connectivity index (χ4n) is 2.87. The predicted molar refractivity (Wildman–Crippen MR) is 88.3 cm³/mol. The van der Waals surface area contributed by atoms with E-state index in [1.54, 1.807) is 0 Å². The normalized spacial score (nSPS) is 12.4. The summed E-state index contributed by atoms with van der Waals surface area (Å²) in [6.45, 7) is 9.70. The van der Waals surface area contributed by atoms with Crippen LogP contribution in [0.4, 0.5) is 5.82 Å². The van der Waals surface area contributed by atoms with Gasteiger partial charge in [-0.25, -0.2) is 4.98 Å². The van der Waals surface area contributed by atoms with Crippen molar-refractivity contribution in [1.29, 1.82) is 0 Å². The molecule has 1 aromatic carbocycles. The third-order valence-electron chi connectivity index (χ3n) is 3.71. The van der Waals surface area contributed by atoms with Gasteiger partial charge in [0.1, 0.15) is 5.52 Å². The molecule has 3 aromatic rings. The molecule has 0 aliphatic carbocycles. The van der Waals surface area contributed by atoms with Gasteiger partial charge < -0.3 is 5.73 Å². The molecule has 3 rings (SSSR count). The summed E-state index contributed by atoms with van der Waals surface area (Å²) in [6, 6.07) is 8.16. The van der Waals surface area contributed by atoms with Gasteiger partial charge in [-0.1, -0.05) is 39.0 Å². The predicted octanol–water partition coefficient (Wildman–Crippen LogP) is 3.78. The van der Waals surface area contributed by atoms with Crippen LogP contribution in [-0.2, 0) is 13.0 Å². The maximum Gasteiger partial charge on any atom is 0.152 e. The van der Waals surface area contributed by atoms with Gasteiger partial charge in [0.2, 0.25) is 0 Å². The van der Waals surface area contributed by atoms with Crippen LogP contribution in [0, 0.1) is 5.41 Å². The Morgan fingerprint density at radius 2 is 1.90 bits per heavy atom. The molecule has 0 aliphatic rings. The highest BCUT2D eigenvalue weighted by atomic mass is 15.3. The third kappa shape index (κ3) is 2.35. The molecule has 4 nitrogen and oxygen atoms in total. The van der Waals surface area contributed by atoms with Crippen LogP contribution in [0.15, 0.2) is 24.3 Å². The zero-order valence-electron chi connectivity index (χ0n) is 13.1. The molecule has 0 bridgehead atoms. The van der Waals surface area contributed by atoms with Gasteiger partial charge in [-0.3, -0.25) is 4.68 Å². The van der Waals surface area contributed by atoms with Crippen LogP contribution >= 0.6 is 0 Å². The maximum atomic E-state index is 6.14. The van der Waals surface area contributed by atoms with E-state index in [0.717, 1.165) is 34.8 Å². The lowest BCUT2D eigenvalue weighted by atomic mass is 9.89. The molecule has 0 atom stereocenters. The molecule has 0 amide bonds. The Balaban J connectivity index is 2.43. The SMILES string of the molecule is CCn1nc2c(N)nc3ccccc3c2c1CC(C)(C)C. The third-order valence-corrected chi connectivity index (χ3v) is 3.71. The van der Waals surface area contributed by atoms with Crippen LogP contribution in [0.1, 0.15) is 33.4 Å². The molecule has 110 valence electrons. The van der Waals surface area contributed by atoms with E-state index in [4.69, 9.17) is 10.8 Å². The van der Waals surface area contributed by atoms with Crippen LogP contribution in [0.25, 0.3) is 21.8 Å². The molecule has 2 N–H and O–H groups in total. The smallest absolute Gasteiger partial charge is 0.152 e. The first-order chi connectivity index (χ1) is 9.90. The van der Waals surface area contributed by atoms with Gasteiger partial charge >= 0.3 is 0 Å². The zero-order chi connectivity index (χ0) is 15.2. The minimum absolute atomic E-state index is 0.193. The van der Waals surface area contributed by atoms with E-state index in [1.165, 1.54) is 5.69 Å². The van der Waals surface area contributed by atoms with Gasteiger partial charge in [0.15, 0.2) is 5.82 Å². The molecule has 21 heavy (non-hydrogen) atoms. The van der Waals surface area contributed by atoms with Crippen molar-refractivity contribution in [3.63, 3.8) is 0 Å². The molecule has 0 unspecified atom stereocenters. The van der Waals surface area contributed by atoms with Crippen LogP contribution in [0.3, 0.4) is 0 Å². The average molecular weight is 282 g/mol. The van der Waals surface area contributed by atoms with E-state index >= 15 is 0 Å². The Kier molecular flexibility index (Phi) is 3.12. The molecule has 0 fully saturated rings. The monoisotopic (exact) mass is 282 g/mol. The van der Waals surface area contributed by atoms with Crippen LogP contribution in [0.2, 0.25) is 0 Å². The Hall–Kier alpha value is -2.10. The topological polar surface area (TPSA) is 56.7 Å². The molecule has 0 radical (unpaired) electrons. The number of nitrogens with zero attached hydrogens (tertiary/aromatic N) is 3. The number of para-hydroxylation sites is 1. The average Bonchev–Trinajstić information content (AvgIpc) is 2.76. The second kappa shape index (κ2) is 4.72. The largest absolute Gasteiger partial charge is 0.382 e. The number of aryl methyl sites for hydroxylation is 1. The highest BCUT2D eigenvalue weighted by molar-refractivity contribution is 6.09. The summed E-state index contributed by atoms with van der Waals surface area (Å²) >= 11 is 0. The summed E-state index contributed by atoms with van der Waals surface area (Å²) in [4.78, 5) is 4.49. The Morgan fingerprint density at radius 3 is 2.57 bits per heavy atom. The van der Waals surface area contributed by atoms with Crippen molar-refractivity contribution in [3.05, 3.63) is 30.0 Å². The lowest BCUT2D eigenvalue weighted by Gasteiger charge is -2.19. The van der Waals surface area contributed by atoms with E-state index in [-0.39, 0.29) is 5.41 Å². The van der Waals surface area contributed by atoms with Crippen molar-refractivity contribution < 1.29 is 0 Å². The van der Waals surface area contributed by atoms with Crippen molar-refractivity contribution in [2.75, 3.05) is 5.73 Å². The van der Waals surface area contributed by atoms with Gasteiger partial charge in [-0.05, 0) is 24.8 Å². The van der Waals surface area contributed by atoms with Crippen molar-refractivity contribution >= 4 is 27.6 Å². The van der Waals surface area contributed by atoms with Crippen LogP contribution in [-0.4, -0.2) is 14.8 Å². The second-order valence-corrected chi connectivity index (χ2v) is 6.74. The number of hydrogen-bond donors (Lipinski definition) is 1. The number of nitrogens with two attached hydrogens (primary N) is 1. The first-order valence-electron chi connectivity index (χ1n) is 7.44. The summed E-state index contributed by atoms with van der Waals surface area (Å²) in [6.07, 6.45) is 0.963. The van der Waals surface area contributed by atoms with E-state index < -0.39 is 0 Å². The first-order valence-corrected chi connectivity index (χ1v) is 7.44. The number of rotatable bonds is 2. The number of hydrogen-bond acceptors (Lipinski definition) is 3. The van der Waals surface area contributed by atoms with E-state index in [1.807, 2.05) is 18.2 Å². The van der Waals surface area contributed by atoms with E-state index in [9.17, 15) is 0 Å². The lowest BCUT2D eigenvalue weighted by molar-refractivity contribution is 0.395. The summed E-state index contributed by atoms with van der Waals surface area (Å²) in [7, 11) is 0. The van der Waals surface area contributed by atoms with Gasteiger partial charge in [0, 0.05) is 23.0 Å². The number of anilines is 1. The molecule has 0 aliphatic heterocycles. The Morgan fingerprint density at radius 1 is 1.19 bits per heavy atom. The molecule has 2 aromatic heterocycles. The molecular weight excluding hydrogens is 260 g/mol. The Labute approximate surface area is 125 Å². The van der Waals surface area contributed by atoms with Gasteiger partial charge in [0.05, 0.1) is 5.52 Å². The number of fused-ring (bicyclic) bond motifs is 3. The molecule has 2 heterocycles. The number of benzene rings is 1. The maximum absolute atomic E-state index is 6.14. The summed E-state index contributed by atoms with van der Waals surface area (Å²) in [5, 5.41) is 7.00. The van der Waals surface area contributed by atoms with Crippen molar-refractivity contribution in [2.45, 2.75) is 40.7 Å². The number of aromatic nitrogens is 3. The zero-order valence-corrected chi connectivity index (χ0v) is 13.1. The van der Waals surface area contributed by atoms with E-state index in [0.29, 0.717) is 5.82 Å². The van der Waals surface area contributed by atoms with Crippen molar-refractivity contribution in [1.82, 2.24) is 14.8 Å². The van der Waals surface area contributed by atoms with Crippen LogP contribution < -0.4 is 5.73 Å². The number of pyridine rings is 1. The van der Waals surface area contributed by atoms with Gasteiger partial charge in [-0.2, -0.15) is 5.10 Å². The first kappa shape index (κ1) is 13.9. The molecule has 4 heteroatoms. The Bertz CT molecular complexity index is 809. The molecular formula is C17H22N4. The molecule has 0 spiro atoms. The number of nitrogen functional groups attached to an aromatic ring is 1. The minimum atomic E-state index is 0.193. The van der Waals surface area contributed by atoms with Crippen molar-refractivity contribution in [2.24, 2.45) is 5.41 Å². The standard InChI is InChI=1S/C17H22N4/c1-5-21-13(10-17(2,3)4)14-11-8-6-7-9-12(11)19-16(18)15(14)20-21/h6-9H,5,10H2,1-4H3,(H2,18,19). The van der Waals surface area contributed by atoms with Gasteiger partial charge in [0.25, 0.3) is 0 Å². The fourth-order valence-corrected chi connectivity index (χ4v) is 2.87. The fraction of sp³-hybridized carbons (Fsp3) is 0.412. The van der Waals surface area contributed by atoms with Crippen molar-refractivity contribution in [3.8, 4) is 0 Å². The summed E-state index contributed by atoms with van der Waals surface area (Å²) in [5.74, 6) is 0.519. The highest BCUT2D eigenvalue weighted by Crippen LogP contribution is 2.33. The molecule has 0 saturated heterocycles. The highest BCUT2D eigenvalue weighted by Gasteiger charge is 2.21. The lowest BCUT2D eigenvalue weighted by Crippen LogP contribution is -2.14. The van der Waals surface area contributed by atoms with Gasteiger partial charge in [-0.15, -0.1) is 0 Å². The van der Waals surface area contributed by atoms with Crippen LogP contribution in [0.5, 0.6) is 0 Å². The molecule has 0 saturated carbocycles. The second-order valence-electron chi connectivity index (χ2n) is 6.74. The summed E-state index contributed by atoms with van der Waals surface area (Å²) in [5.41, 5.74) is 9.35. The minimum Gasteiger partial charge on any atom is -0.382 e. The van der Waals surface area contributed by atoms with E-state index in [2.05, 4.69) is 43.4 Å².